The number of carboxylic acids is 2. The van der Waals surface area contributed by atoms with Crippen LogP contribution in [0.25, 0.3) is 17.0 Å². The summed E-state index contributed by atoms with van der Waals surface area (Å²) < 4.78 is 47.2. The van der Waals surface area contributed by atoms with Crippen LogP contribution in [-0.4, -0.2) is 75.7 Å². The first-order valence-electron chi connectivity index (χ1n) is 14.4. The van der Waals surface area contributed by atoms with E-state index in [1.165, 1.54) is 35.9 Å². The van der Waals surface area contributed by atoms with Crippen molar-refractivity contribution in [2.24, 2.45) is 5.92 Å². The Morgan fingerprint density at radius 2 is 1.65 bits per heavy atom. The molecule has 3 N–H and O–H groups in total. The van der Waals surface area contributed by atoms with Gasteiger partial charge in [0.05, 0.1) is 17.8 Å². The fraction of sp³-hybridized carbons (Fsp3) is 0.452. The molecule has 0 unspecified atom stereocenters. The van der Waals surface area contributed by atoms with E-state index in [2.05, 4.69) is 40.3 Å². The molecule has 0 atom stereocenters. The number of piperidine rings is 2. The van der Waals surface area contributed by atoms with Crippen molar-refractivity contribution in [3.63, 3.8) is 0 Å². The van der Waals surface area contributed by atoms with Crippen LogP contribution in [0.2, 0.25) is 0 Å². The van der Waals surface area contributed by atoms with Crippen LogP contribution < -0.4 is 5.32 Å². The second kappa shape index (κ2) is 14.6. The molecule has 3 aromatic rings. The Bertz CT molecular complexity index is 1410. The third-order valence-electron chi connectivity index (χ3n) is 7.85. The number of alkyl halides is 3. The maximum absolute atomic E-state index is 13.4. The summed E-state index contributed by atoms with van der Waals surface area (Å²) in [5.74, 6) is -2.80. The first-order valence-corrected chi connectivity index (χ1v) is 14.4. The van der Waals surface area contributed by atoms with Crippen LogP contribution in [0.1, 0.15) is 48.4 Å². The predicted octanol–water partition coefficient (Wildman–Crippen LogP) is 5.33. The Labute approximate surface area is 247 Å². The molecule has 2 saturated heterocycles. The van der Waals surface area contributed by atoms with Crippen LogP contribution in [-0.2, 0) is 22.6 Å². The number of nitrogens with zero attached hydrogens (tertiary/aromatic N) is 3. The number of nitrogens with one attached hydrogen (secondary N) is 1. The van der Waals surface area contributed by atoms with Gasteiger partial charge in [0.1, 0.15) is 5.82 Å². The van der Waals surface area contributed by atoms with Crippen LogP contribution in [0.5, 0.6) is 0 Å². The van der Waals surface area contributed by atoms with E-state index in [1.807, 2.05) is 17.0 Å². The molecule has 3 heterocycles. The minimum absolute atomic E-state index is 0.104. The maximum Gasteiger partial charge on any atom is 0.490 e. The number of carbonyl (C=O) groups is 2. The monoisotopic (exact) mass is 604 g/mol. The van der Waals surface area contributed by atoms with Crippen LogP contribution >= 0.6 is 0 Å². The zero-order chi connectivity index (χ0) is 31.0. The van der Waals surface area contributed by atoms with Crippen molar-refractivity contribution in [1.82, 2.24) is 20.0 Å². The van der Waals surface area contributed by atoms with Gasteiger partial charge in [-0.05, 0) is 93.5 Å². The van der Waals surface area contributed by atoms with E-state index < -0.39 is 18.1 Å². The van der Waals surface area contributed by atoms with Gasteiger partial charge >= 0.3 is 18.1 Å². The zero-order valence-electron chi connectivity index (χ0n) is 23.7. The smallest absolute Gasteiger partial charge is 0.480 e. The van der Waals surface area contributed by atoms with Gasteiger partial charge in [-0.3, -0.25) is 14.4 Å². The lowest BCUT2D eigenvalue weighted by atomic mass is 9.91. The molecule has 5 rings (SSSR count). The van der Waals surface area contributed by atoms with Gasteiger partial charge in [0, 0.05) is 17.8 Å². The zero-order valence-corrected chi connectivity index (χ0v) is 23.7. The van der Waals surface area contributed by atoms with E-state index in [4.69, 9.17) is 20.1 Å². The first-order chi connectivity index (χ1) is 20.5. The van der Waals surface area contributed by atoms with Gasteiger partial charge in [-0.15, -0.1) is 0 Å². The number of fused-ring (bicyclic) bond motifs is 1. The van der Waals surface area contributed by atoms with Crippen LogP contribution in [0.4, 0.5) is 17.6 Å². The summed E-state index contributed by atoms with van der Waals surface area (Å²) in [7, 11) is 0. The van der Waals surface area contributed by atoms with Crippen molar-refractivity contribution in [2.75, 3.05) is 32.7 Å². The molecule has 2 aromatic carbocycles. The van der Waals surface area contributed by atoms with Gasteiger partial charge in [-0.1, -0.05) is 36.4 Å². The molecule has 43 heavy (non-hydrogen) atoms. The number of aliphatic carboxylic acids is 2. The summed E-state index contributed by atoms with van der Waals surface area (Å²) in [5.41, 5.74) is 4.53. The highest BCUT2D eigenvalue weighted by Crippen LogP contribution is 2.33. The Morgan fingerprint density at radius 1 is 1.00 bits per heavy atom. The third-order valence-corrected chi connectivity index (χ3v) is 7.85. The first kappa shape index (κ1) is 32.2. The van der Waals surface area contributed by atoms with Gasteiger partial charge in [0.25, 0.3) is 0 Å². The average Bonchev–Trinajstić information content (AvgIpc) is 3.34. The molecule has 0 bridgehead atoms. The predicted molar refractivity (Wildman–Crippen MR) is 154 cm³/mol. The largest absolute Gasteiger partial charge is 0.490 e. The SMILES string of the molecule is O=C(O)C(F)(F)F.O=C(O)CN1CCC(c2nn(CCc3ccc(F)cc3)c3cc(C=CC4CCNCC4)ccc23)CC1. The van der Waals surface area contributed by atoms with Crippen LogP contribution in [0.3, 0.4) is 0 Å². The summed E-state index contributed by atoms with van der Waals surface area (Å²) in [6, 6.07) is 13.3. The Balaban J connectivity index is 0.000000541. The summed E-state index contributed by atoms with van der Waals surface area (Å²) in [6.45, 7) is 4.54. The lowest BCUT2D eigenvalue weighted by Crippen LogP contribution is -2.36. The number of halogens is 4. The number of allylic oxidation sites excluding steroid dienone is 1. The molecule has 8 nitrogen and oxygen atoms in total. The topological polar surface area (TPSA) is 108 Å². The highest BCUT2D eigenvalue weighted by molar-refractivity contribution is 5.85. The summed E-state index contributed by atoms with van der Waals surface area (Å²) in [4.78, 5) is 22.0. The molecule has 2 aliphatic heterocycles. The molecule has 232 valence electrons. The van der Waals surface area contributed by atoms with E-state index in [9.17, 15) is 22.4 Å². The number of aryl methyl sites for hydroxylation is 2. The van der Waals surface area contributed by atoms with Crippen LogP contribution in [0, 0.1) is 11.7 Å². The second-order valence-electron chi connectivity index (χ2n) is 11.0. The molecular formula is C31H36F4N4O4. The fourth-order valence-corrected chi connectivity index (χ4v) is 5.52. The number of carboxylic acid groups (broad SMARTS) is 2. The minimum Gasteiger partial charge on any atom is -0.480 e. The molecule has 2 fully saturated rings. The maximum atomic E-state index is 13.4. The summed E-state index contributed by atoms with van der Waals surface area (Å²) >= 11 is 0. The summed E-state index contributed by atoms with van der Waals surface area (Å²) in [5, 5.41) is 26.0. The van der Waals surface area contributed by atoms with Gasteiger partial charge in [0.15, 0.2) is 0 Å². The number of hydrogen-bond acceptors (Lipinski definition) is 5. The lowest BCUT2D eigenvalue weighted by Gasteiger charge is -2.30. The Morgan fingerprint density at radius 3 is 2.26 bits per heavy atom. The Kier molecular flexibility index (Phi) is 10.9. The number of rotatable bonds is 8. The van der Waals surface area contributed by atoms with Gasteiger partial charge < -0.3 is 15.5 Å². The Hall–Kier alpha value is -3.77. The summed E-state index contributed by atoms with van der Waals surface area (Å²) in [6.07, 6.45) is 4.47. The molecular weight excluding hydrogens is 568 g/mol. The molecule has 12 heteroatoms. The number of aromatic nitrogens is 2. The second-order valence-corrected chi connectivity index (χ2v) is 11.0. The molecule has 1 aromatic heterocycles. The van der Waals surface area contributed by atoms with Crippen molar-refractivity contribution < 1.29 is 37.4 Å². The average molecular weight is 605 g/mol. The van der Waals surface area contributed by atoms with Crippen molar-refractivity contribution in [1.29, 1.82) is 0 Å². The van der Waals surface area contributed by atoms with E-state index in [0.29, 0.717) is 11.8 Å². The standard InChI is InChI=1S/C29H35FN4O2.C2HF3O2/c30-25-6-3-21(4-7-25)11-18-34-27-19-23(2-1-22-9-14-31-15-10-22)5-8-26(27)29(32-34)24-12-16-33(17-13-24)20-28(35)36;3-2(4,5)1(6)7/h1-8,19,22,24,31H,9-18,20H2,(H,35,36);(H,6,7). The highest BCUT2D eigenvalue weighted by Gasteiger charge is 2.38. The van der Waals surface area contributed by atoms with Crippen molar-refractivity contribution in [2.45, 2.75) is 50.7 Å². The van der Waals surface area contributed by atoms with E-state index in [1.54, 1.807) is 0 Å². The van der Waals surface area contributed by atoms with Gasteiger partial charge in [-0.25, -0.2) is 9.18 Å². The molecule has 2 aliphatic rings. The van der Waals surface area contributed by atoms with E-state index in [0.717, 1.165) is 68.8 Å². The van der Waals surface area contributed by atoms with Crippen molar-refractivity contribution in [3.8, 4) is 0 Å². The van der Waals surface area contributed by atoms with Crippen molar-refractivity contribution in [3.05, 3.63) is 71.2 Å². The lowest BCUT2D eigenvalue weighted by molar-refractivity contribution is -0.192. The van der Waals surface area contributed by atoms with Gasteiger partial charge in [-0.2, -0.15) is 18.3 Å². The van der Waals surface area contributed by atoms with Crippen molar-refractivity contribution >= 4 is 28.9 Å². The fourth-order valence-electron chi connectivity index (χ4n) is 5.52. The molecule has 0 radical (unpaired) electrons. The molecule has 0 saturated carbocycles. The van der Waals surface area contributed by atoms with Crippen LogP contribution in [0.15, 0.2) is 48.5 Å². The number of hydrogen-bond donors (Lipinski definition) is 3. The molecule has 0 spiro atoms. The number of benzene rings is 2. The molecule has 0 amide bonds. The quantitative estimate of drug-likeness (QED) is 0.299. The number of likely N-dealkylation sites (tertiary alicyclic amines) is 1. The highest BCUT2D eigenvalue weighted by atomic mass is 19.4. The van der Waals surface area contributed by atoms with E-state index >= 15 is 0 Å². The van der Waals surface area contributed by atoms with E-state index in [-0.39, 0.29) is 12.4 Å². The molecule has 0 aliphatic carbocycles. The normalized spacial score (nSPS) is 17.2. The third kappa shape index (κ3) is 9.36. The minimum atomic E-state index is -5.08. The van der Waals surface area contributed by atoms with Gasteiger partial charge in [0.2, 0.25) is 0 Å².